The van der Waals surface area contributed by atoms with Crippen LogP contribution in [0.3, 0.4) is 0 Å². The number of ketones is 1. The number of nitrogen functional groups attached to an aromatic ring is 1. The van der Waals surface area contributed by atoms with Gasteiger partial charge in [-0.1, -0.05) is 0 Å². The van der Waals surface area contributed by atoms with Crippen LogP contribution in [0.5, 0.6) is 0 Å². The first-order valence-electron chi connectivity index (χ1n) is 5.66. The Kier molecular flexibility index (Phi) is 3.71. The monoisotopic (exact) mass is 325 g/mol. The minimum atomic E-state index is -0.474. The predicted molar refractivity (Wildman–Crippen MR) is 74.5 cm³/mol. The fourth-order valence-corrected chi connectivity index (χ4v) is 2.37. The summed E-state index contributed by atoms with van der Waals surface area (Å²) in [5.74, 6) is -0.710. The lowest BCUT2D eigenvalue weighted by atomic mass is 10.0. The smallest absolute Gasteiger partial charge is 0.171 e. The first kappa shape index (κ1) is 13.7. The van der Waals surface area contributed by atoms with Crippen LogP contribution in [0.2, 0.25) is 0 Å². The van der Waals surface area contributed by atoms with Gasteiger partial charge in [0.15, 0.2) is 5.78 Å². The van der Waals surface area contributed by atoms with Crippen molar-refractivity contribution in [3.05, 3.63) is 45.4 Å². The standard InChI is InChI=1S/C13H13BrFN3O/c1-7-13(14)11(18(2)17-7)6-12(19)9-5-8(15)3-4-10(9)16/h3-5H,6,16H2,1-2H3. The second-order valence-corrected chi connectivity index (χ2v) is 5.09. The maximum absolute atomic E-state index is 13.2. The van der Waals surface area contributed by atoms with Gasteiger partial charge >= 0.3 is 0 Å². The average molecular weight is 326 g/mol. The lowest BCUT2D eigenvalue weighted by molar-refractivity contribution is 0.0991. The fourth-order valence-electron chi connectivity index (χ4n) is 1.89. The summed E-state index contributed by atoms with van der Waals surface area (Å²) < 4.78 is 15.6. The Morgan fingerprint density at radius 1 is 1.53 bits per heavy atom. The molecule has 1 aromatic heterocycles. The molecule has 0 saturated heterocycles. The molecule has 0 aliphatic heterocycles. The first-order valence-corrected chi connectivity index (χ1v) is 6.45. The number of Topliss-reactive ketones (excluding diaryl/α,β-unsaturated/α-hetero) is 1. The molecule has 2 rings (SSSR count). The summed E-state index contributed by atoms with van der Waals surface area (Å²) >= 11 is 3.39. The minimum Gasteiger partial charge on any atom is -0.398 e. The van der Waals surface area contributed by atoms with Crippen LogP contribution in [-0.4, -0.2) is 15.6 Å². The normalized spacial score (nSPS) is 10.7. The zero-order valence-electron chi connectivity index (χ0n) is 10.6. The van der Waals surface area contributed by atoms with Crippen molar-refractivity contribution in [2.45, 2.75) is 13.3 Å². The zero-order chi connectivity index (χ0) is 14.2. The number of hydrogen-bond donors (Lipinski definition) is 1. The van der Waals surface area contributed by atoms with Crippen LogP contribution >= 0.6 is 15.9 Å². The Balaban J connectivity index is 2.33. The summed E-state index contributed by atoms with van der Waals surface area (Å²) in [6, 6.07) is 3.79. The molecule has 6 heteroatoms. The van der Waals surface area contributed by atoms with Crippen LogP contribution in [0.1, 0.15) is 21.7 Å². The van der Waals surface area contributed by atoms with E-state index in [1.807, 2.05) is 6.92 Å². The van der Waals surface area contributed by atoms with Crippen molar-refractivity contribution in [2.24, 2.45) is 7.05 Å². The second-order valence-electron chi connectivity index (χ2n) is 4.30. The largest absolute Gasteiger partial charge is 0.398 e. The highest BCUT2D eigenvalue weighted by atomic mass is 79.9. The number of halogens is 2. The second kappa shape index (κ2) is 5.13. The van der Waals surface area contributed by atoms with Gasteiger partial charge in [0.05, 0.1) is 22.3 Å². The third-order valence-corrected chi connectivity index (χ3v) is 3.94. The topological polar surface area (TPSA) is 60.9 Å². The van der Waals surface area contributed by atoms with E-state index in [2.05, 4.69) is 21.0 Å². The number of benzene rings is 1. The van der Waals surface area contributed by atoms with Crippen molar-refractivity contribution in [1.82, 2.24) is 9.78 Å². The van der Waals surface area contributed by atoms with Crippen LogP contribution in [0.4, 0.5) is 10.1 Å². The Labute approximate surface area is 118 Å². The number of carbonyl (C=O) groups is 1. The fraction of sp³-hybridized carbons (Fsp3) is 0.231. The molecule has 0 unspecified atom stereocenters. The number of aryl methyl sites for hydroxylation is 2. The number of nitrogens with two attached hydrogens (primary N) is 1. The summed E-state index contributed by atoms with van der Waals surface area (Å²) in [5, 5.41) is 4.21. The van der Waals surface area contributed by atoms with Crippen molar-refractivity contribution in [3.63, 3.8) is 0 Å². The Hall–Kier alpha value is -1.69. The molecule has 1 heterocycles. The van der Waals surface area contributed by atoms with E-state index in [9.17, 15) is 9.18 Å². The highest BCUT2D eigenvalue weighted by Crippen LogP contribution is 2.23. The van der Waals surface area contributed by atoms with Crippen LogP contribution in [0.15, 0.2) is 22.7 Å². The van der Waals surface area contributed by atoms with E-state index < -0.39 is 5.82 Å². The Morgan fingerprint density at radius 3 is 2.79 bits per heavy atom. The van der Waals surface area contributed by atoms with E-state index in [0.717, 1.165) is 21.9 Å². The number of rotatable bonds is 3. The molecule has 2 N–H and O–H groups in total. The van der Waals surface area contributed by atoms with Crippen LogP contribution in [0, 0.1) is 12.7 Å². The third kappa shape index (κ3) is 2.68. The molecule has 0 bridgehead atoms. The minimum absolute atomic E-state index is 0.117. The van der Waals surface area contributed by atoms with E-state index in [0.29, 0.717) is 0 Å². The van der Waals surface area contributed by atoms with Gasteiger partial charge in [0, 0.05) is 18.3 Å². The van der Waals surface area contributed by atoms with Gasteiger partial charge in [-0.25, -0.2) is 4.39 Å². The Morgan fingerprint density at radius 2 is 2.21 bits per heavy atom. The quantitative estimate of drug-likeness (QED) is 0.697. The van der Waals surface area contributed by atoms with Gasteiger partial charge in [0.2, 0.25) is 0 Å². The highest BCUT2D eigenvalue weighted by Gasteiger charge is 2.17. The summed E-state index contributed by atoms with van der Waals surface area (Å²) in [6.45, 7) is 1.84. The van der Waals surface area contributed by atoms with Crippen molar-refractivity contribution in [1.29, 1.82) is 0 Å². The number of carbonyl (C=O) groups excluding carboxylic acids is 1. The van der Waals surface area contributed by atoms with E-state index in [4.69, 9.17) is 5.73 Å². The van der Waals surface area contributed by atoms with E-state index in [1.54, 1.807) is 11.7 Å². The summed E-state index contributed by atoms with van der Waals surface area (Å²) in [4.78, 5) is 12.2. The van der Waals surface area contributed by atoms with Gasteiger partial charge in [-0.3, -0.25) is 9.48 Å². The number of aromatic nitrogens is 2. The lowest BCUT2D eigenvalue weighted by Crippen LogP contribution is -2.11. The molecule has 0 spiro atoms. The molecule has 4 nitrogen and oxygen atoms in total. The SMILES string of the molecule is Cc1nn(C)c(CC(=O)c2cc(F)ccc2N)c1Br. The first-order chi connectivity index (χ1) is 8.90. The van der Waals surface area contributed by atoms with Crippen molar-refractivity contribution < 1.29 is 9.18 Å². The predicted octanol–water partition coefficient (Wildman–Crippen LogP) is 2.64. The van der Waals surface area contributed by atoms with Gasteiger partial charge in [-0.15, -0.1) is 0 Å². The van der Waals surface area contributed by atoms with Gasteiger partial charge in [0.1, 0.15) is 5.82 Å². The van der Waals surface area contributed by atoms with Crippen molar-refractivity contribution >= 4 is 27.4 Å². The van der Waals surface area contributed by atoms with Crippen molar-refractivity contribution in [3.8, 4) is 0 Å². The van der Waals surface area contributed by atoms with Gasteiger partial charge < -0.3 is 5.73 Å². The molecule has 100 valence electrons. The summed E-state index contributed by atoms with van der Waals surface area (Å²) in [6.07, 6.45) is 0.117. The molecular formula is C13H13BrFN3O. The molecule has 1 aromatic carbocycles. The maximum Gasteiger partial charge on any atom is 0.171 e. The Bertz CT molecular complexity index is 652. The molecule has 2 aromatic rings. The van der Waals surface area contributed by atoms with Crippen LogP contribution < -0.4 is 5.73 Å². The molecule has 0 atom stereocenters. The van der Waals surface area contributed by atoms with Crippen molar-refractivity contribution in [2.75, 3.05) is 5.73 Å². The molecule has 0 radical (unpaired) electrons. The van der Waals surface area contributed by atoms with Gasteiger partial charge in [-0.05, 0) is 41.1 Å². The molecule has 0 aliphatic carbocycles. The van der Waals surface area contributed by atoms with E-state index in [-0.39, 0.29) is 23.5 Å². The molecule has 0 saturated carbocycles. The number of hydrogen-bond acceptors (Lipinski definition) is 3. The van der Waals surface area contributed by atoms with E-state index in [1.165, 1.54) is 12.1 Å². The van der Waals surface area contributed by atoms with Crippen LogP contribution in [0.25, 0.3) is 0 Å². The van der Waals surface area contributed by atoms with Crippen LogP contribution in [-0.2, 0) is 13.5 Å². The summed E-state index contributed by atoms with van der Waals surface area (Å²) in [7, 11) is 1.76. The average Bonchev–Trinajstić information content (AvgIpc) is 2.59. The third-order valence-electron chi connectivity index (χ3n) is 2.91. The highest BCUT2D eigenvalue weighted by molar-refractivity contribution is 9.10. The molecule has 0 amide bonds. The molecule has 0 aliphatic rings. The zero-order valence-corrected chi connectivity index (χ0v) is 12.2. The van der Waals surface area contributed by atoms with Gasteiger partial charge in [0.25, 0.3) is 0 Å². The number of anilines is 1. The molecule has 0 fully saturated rings. The summed E-state index contributed by atoms with van der Waals surface area (Å²) in [5.41, 5.74) is 7.73. The molecular weight excluding hydrogens is 313 g/mol. The molecule has 19 heavy (non-hydrogen) atoms. The number of nitrogens with zero attached hydrogens (tertiary/aromatic N) is 2. The van der Waals surface area contributed by atoms with E-state index >= 15 is 0 Å². The lowest BCUT2D eigenvalue weighted by Gasteiger charge is -2.06. The van der Waals surface area contributed by atoms with Gasteiger partial charge in [-0.2, -0.15) is 5.10 Å². The maximum atomic E-state index is 13.2.